The highest BCUT2D eigenvalue weighted by atomic mass is 16.5. The Morgan fingerprint density at radius 2 is 2.22 bits per heavy atom. The van der Waals surface area contributed by atoms with E-state index in [0.29, 0.717) is 13.2 Å². The predicted octanol–water partition coefficient (Wildman–Crippen LogP) is 1.44. The highest BCUT2D eigenvalue weighted by molar-refractivity contribution is 4.99. The Balaban J connectivity index is 2.15. The lowest BCUT2D eigenvalue weighted by molar-refractivity contribution is 0.0676. The molecule has 1 aromatic rings. The maximum atomic E-state index is 5.43. The van der Waals surface area contributed by atoms with E-state index < -0.39 is 0 Å². The van der Waals surface area contributed by atoms with Gasteiger partial charge in [0, 0.05) is 33.0 Å². The molecule has 18 heavy (non-hydrogen) atoms. The summed E-state index contributed by atoms with van der Waals surface area (Å²) in [7, 11) is 1.68. The third-order valence-corrected chi connectivity index (χ3v) is 2.63. The van der Waals surface area contributed by atoms with Crippen LogP contribution in [0.4, 0.5) is 0 Å². The molecule has 0 aliphatic heterocycles. The van der Waals surface area contributed by atoms with Crippen molar-refractivity contribution in [1.29, 1.82) is 0 Å². The highest BCUT2D eigenvalue weighted by Crippen LogP contribution is 2.00. The van der Waals surface area contributed by atoms with Gasteiger partial charge in [0.2, 0.25) is 0 Å². The Morgan fingerprint density at radius 3 is 3.00 bits per heavy atom. The van der Waals surface area contributed by atoms with Gasteiger partial charge in [0.05, 0.1) is 18.9 Å². The van der Waals surface area contributed by atoms with Gasteiger partial charge in [0.25, 0.3) is 0 Å². The maximum Gasteiger partial charge on any atom is 0.0700 e. The van der Waals surface area contributed by atoms with Crippen molar-refractivity contribution in [1.82, 2.24) is 15.1 Å². The van der Waals surface area contributed by atoms with Gasteiger partial charge < -0.3 is 14.8 Å². The van der Waals surface area contributed by atoms with Crippen LogP contribution in [0.25, 0.3) is 0 Å². The number of hydrogen-bond acceptors (Lipinski definition) is 4. The van der Waals surface area contributed by atoms with Crippen LogP contribution in [0, 0.1) is 0 Å². The molecular weight excluding hydrogens is 230 g/mol. The van der Waals surface area contributed by atoms with Gasteiger partial charge in [-0.25, -0.2) is 0 Å². The number of aromatic nitrogens is 2. The Kier molecular flexibility index (Phi) is 8.46. The molecule has 1 heterocycles. The minimum atomic E-state index is 0.661. The number of methoxy groups -OCH3 is 1. The predicted molar refractivity (Wildman–Crippen MR) is 71.5 cm³/mol. The monoisotopic (exact) mass is 255 g/mol. The topological polar surface area (TPSA) is 48.3 Å². The molecule has 5 nitrogen and oxygen atoms in total. The lowest BCUT2D eigenvalue weighted by Crippen LogP contribution is -2.18. The zero-order valence-electron chi connectivity index (χ0n) is 11.5. The van der Waals surface area contributed by atoms with Crippen LogP contribution in [0.5, 0.6) is 0 Å². The Labute approximate surface area is 109 Å². The largest absolute Gasteiger partial charge is 0.382 e. The molecule has 0 amide bonds. The average molecular weight is 255 g/mol. The molecule has 0 unspecified atom stereocenters. The van der Waals surface area contributed by atoms with Crippen LogP contribution < -0.4 is 5.32 Å². The normalized spacial score (nSPS) is 11.0. The molecule has 0 fully saturated rings. The zero-order chi connectivity index (χ0) is 13.1. The summed E-state index contributed by atoms with van der Waals surface area (Å²) in [5.74, 6) is 0. The number of nitrogens with zero attached hydrogens (tertiary/aromatic N) is 2. The van der Waals surface area contributed by atoms with Gasteiger partial charge in [-0.2, -0.15) is 5.10 Å². The lowest BCUT2D eigenvalue weighted by atomic mass is 10.3. The molecule has 0 spiro atoms. The second kappa shape index (κ2) is 10.1. The van der Waals surface area contributed by atoms with Gasteiger partial charge in [0.15, 0.2) is 0 Å². The second-order valence-corrected chi connectivity index (χ2v) is 4.18. The van der Waals surface area contributed by atoms with Crippen molar-refractivity contribution in [3.05, 3.63) is 18.0 Å². The van der Waals surface area contributed by atoms with Gasteiger partial charge in [-0.3, -0.25) is 4.68 Å². The summed E-state index contributed by atoms with van der Waals surface area (Å²) in [6, 6.07) is 2.06. The molecule has 1 rings (SSSR count). The van der Waals surface area contributed by atoms with Crippen LogP contribution in [0.15, 0.2) is 12.3 Å². The van der Waals surface area contributed by atoms with E-state index in [1.165, 1.54) is 5.69 Å². The molecule has 0 aliphatic carbocycles. The summed E-state index contributed by atoms with van der Waals surface area (Å²) in [5.41, 5.74) is 1.24. The van der Waals surface area contributed by atoms with Crippen LogP contribution >= 0.6 is 0 Å². The summed E-state index contributed by atoms with van der Waals surface area (Å²) < 4.78 is 12.4. The van der Waals surface area contributed by atoms with E-state index in [1.807, 2.05) is 10.9 Å². The van der Waals surface area contributed by atoms with E-state index in [1.54, 1.807) is 7.11 Å². The molecule has 0 atom stereocenters. The van der Waals surface area contributed by atoms with Gasteiger partial charge in [-0.15, -0.1) is 0 Å². The van der Waals surface area contributed by atoms with Crippen molar-refractivity contribution in [2.45, 2.75) is 32.9 Å². The number of ether oxygens (including phenoxy) is 2. The van der Waals surface area contributed by atoms with E-state index in [4.69, 9.17) is 9.47 Å². The molecule has 0 bridgehead atoms. The number of rotatable bonds is 11. The molecule has 5 heteroatoms. The summed E-state index contributed by atoms with van der Waals surface area (Å²) in [6.45, 7) is 7.09. The quantitative estimate of drug-likeness (QED) is 0.608. The molecule has 0 aromatic carbocycles. The molecule has 0 aliphatic rings. The summed E-state index contributed by atoms with van der Waals surface area (Å²) in [5, 5.41) is 7.71. The maximum absolute atomic E-state index is 5.43. The van der Waals surface area contributed by atoms with E-state index in [9.17, 15) is 0 Å². The molecule has 0 radical (unpaired) electrons. The van der Waals surface area contributed by atoms with Crippen molar-refractivity contribution in [3.8, 4) is 0 Å². The minimum absolute atomic E-state index is 0.661. The summed E-state index contributed by atoms with van der Waals surface area (Å²) >= 11 is 0. The zero-order valence-corrected chi connectivity index (χ0v) is 11.5. The van der Waals surface area contributed by atoms with Crippen molar-refractivity contribution in [3.63, 3.8) is 0 Å². The van der Waals surface area contributed by atoms with E-state index in [2.05, 4.69) is 23.4 Å². The van der Waals surface area contributed by atoms with Crippen molar-refractivity contribution < 1.29 is 9.47 Å². The van der Waals surface area contributed by atoms with Crippen LogP contribution in [0.1, 0.15) is 25.5 Å². The van der Waals surface area contributed by atoms with Gasteiger partial charge in [-0.05, 0) is 25.5 Å². The molecule has 1 aromatic heterocycles. The molecular formula is C13H25N3O2. The first-order valence-electron chi connectivity index (χ1n) is 6.66. The first-order chi connectivity index (χ1) is 8.88. The van der Waals surface area contributed by atoms with Gasteiger partial charge in [0.1, 0.15) is 0 Å². The van der Waals surface area contributed by atoms with Crippen molar-refractivity contribution in [2.75, 3.05) is 33.5 Å². The molecule has 0 saturated heterocycles. The minimum Gasteiger partial charge on any atom is -0.382 e. The van der Waals surface area contributed by atoms with Crippen LogP contribution in [0.2, 0.25) is 0 Å². The highest BCUT2D eigenvalue weighted by Gasteiger charge is 2.01. The fraction of sp³-hybridized carbons (Fsp3) is 0.769. The first-order valence-corrected chi connectivity index (χ1v) is 6.66. The third kappa shape index (κ3) is 6.14. The second-order valence-electron chi connectivity index (χ2n) is 4.18. The smallest absolute Gasteiger partial charge is 0.0700 e. The van der Waals surface area contributed by atoms with Crippen molar-refractivity contribution in [2.24, 2.45) is 0 Å². The Morgan fingerprint density at radius 1 is 1.33 bits per heavy atom. The van der Waals surface area contributed by atoms with Crippen LogP contribution in [-0.2, 0) is 22.6 Å². The third-order valence-electron chi connectivity index (χ3n) is 2.63. The number of nitrogens with one attached hydrogen (secondary N) is 1. The number of aryl methyl sites for hydroxylation is 1. The van der Waals surface area contributed by atoms with Crippen LogP contribution in [0.3, 0.4) is 0 Å². The van der Waals surface area contributed by atoms with Gasteiger partial charge >= 0.3 is 0 Å². The summed E-state index contributed by atoms with van der Waals surface area (Å²) in [6.07, 6.45) is 3.99. The Bertz CT molecular complexity index is 302. The van der Waals surface area contributed by atoms with Gasteiger partial charge in [-0.1, -0.05) is 6.92 Å². The molecule has 104 valence electrons. The van der Waals surface area contributed by atoms with E-state index >= 15 is 0 Å². The molecule has 1 N–H and O–H groups in total. The SMILES string of the molecule is CCCNCc1ccnn1CCCOCCOC. The average Bonchev–Trinajstić information content (AvgIpc) is 2.82. The first kappa shape index (κ1) is 15.1. The number of hydrogen-bond donors (Lipinski definition) is 1. The fourth-order valence-electron chi connectivity index (χ4n) is 1.67. The lowest BCUT2D eigenvalue weighted by Gasteiger charge is -2.08. The summed E-state index contributed by atoms with van der Waals surface area (Å²) in [4.78, 5) is 0. The molecule has 0 saturated carbocycles. The standard InChI is InChI=1S/C13H25N3O2/c1-3-6-14-12-13-5-7-15-16(13)8-4-9-18-11-10-17-2/h5,7,14H,3-4,6,8-12H2,1-2H3. The van der Waals surface area contributed by atoms with E-state index in [0.717, 1.165) is 39.1 Å². The fourth-order valence-corrected chi connectivity index (χ4v) is 1.67. The van der Waals surface area contributed by atoms with Crippen molar-refractivity contribution >= 4 is 0 Å². The van der Waals surface area contributed by atoms with E-state index in [-0.39, 0.29) is 0 Å². The van der Waals surface area contributed by atoms with Crippen LogP contribution in [-0.4, -0.2) is 43.3 Å². The Hall–Kier alpha value is -0.910.